The van der Waals surface area contributed by atoms with Gasteiger partial charge >= 0.3 is 0 Å². The van der Waals surface area contributed by atoms with Crippen LogP contribution < -0.4 is 4.90 Å². The number of pyridine rings is 1. The van der Waals surface area contributed by atoms with E-state index in [1.807, 2.05) is 12.1 Å². The molecule has 2 aliphatic rings. The second kappa shape index (κ2) is 9.69. The molecule has 2 aliphatic heterocycles. The Labute approximate surface area is 187 Å². The summed E-state index contributed by atoms with van der Waals surface area (Å²) in [4.78, 5) is 20.7. The number of hydrogen-bond donors (Lipinski definition) is 2. The third-order valence-electron chi connectivity index (χ3n) is 5.81. The summed E-state index contributed by atoms with van der Waals surface area (Å²) in [5.74, 6) is 6.30. The van der Waals surface area contributed by atoms with Gasteiger partial charge in [-0.2, -0.15) is 0 Å². The SMILES string of the molecule is O=C(c1ccc(C#Cc2cnc(Cl)cc2N2CCC[C@@H](O)C2)cc1)N1CCC(O)CC1. The van der Waals surface area contributed by atoms with Crippen molar-refractivity contribution < 1.29 is 15.0 Å². The highest BCUT2D eigenvalue weighted by atomic mass is 35.5. The van der Waals surface area contributed by atoms with E-state index in [4.69, 9.17) is 11.6 Å². The third kappa shape index (κ3) is 5.37. The number of rotatable bonds is 2. The molecule has 6 nitrogen and oxygen atoms in total. The molecule has 0 spiro atoms. The fourth-order valence-electron chi connectivity index (χ4n) is 4.04. The molecule has 7 heteroatoms. The van der Waals surface area contributed by atoms with E-state index in [9.17, 15) is 15.0 Å². The number of benzene rings is 1. The van der Waals surface area contributed by atoms with Crippen molar-refractivity contribution in [2.45, 2.75) is 37.9 Å². The largest absolute Gasteiger partial charge is 0.393 e. The molecule has 0 unspecified atom stereocenters. The van der Waals surface area contributed by atoms with E-state index in [1.54, 1.807) is 29.3 Å². The van der Waals surface area contributed by atoms with Crippen LogP contribution in [0.3, 0.4) is 0 Å². The van der Waals surface area contributed by atoms with Gasteiger partial charge in [-0.15, -0.1) is 0 Å². The molecule has 162 valence electrons. The highest BCUT2D eigenvalue weighted by molar-refractivity contribution is 6.29. The average Bonchev–Trinajstić information content (AvgIpc) is 2.78. The molecule has 1 atom stereocenters. The maximum atomic E-state index is 12.6. The molecule has 1 aromatic carbocycles. The number of aliphatic hydroxyl groups excluding tert-OH is 2. The van der Waals surface area contributed by atoms with Gasteiger partial charge in [0.2, 0.25) is 0 Å². The van der Waals surface area contributed by atoms with Crippen molar-refractivity contribution in [2.24, 2.45) is 0 Å². The summed E-state index contributed by atoms with van der Waals surface area (Å²) in [6.07, 6.45) is 3.98. The molecule has 2 saturated heterocycles. The predicted octanol–water partition coefficient (Wildman–Crippen LogP) is 2.69. The summed E-state index contributed by atoms with van der Waals surface area (Å²) in [5.41, 5.74) is 3.05. The Morgan fingerprint density at radius 2 is 1.77 bits per heavy atom. The van der Waals surface area contributed by atoms with Gasteiger partial charge in [-0.25, -0.2) is 4.98 Å². The van der Waals surface area contributed by atoms with E-state index in [1.165, 1.54) is 0 Å². The van der Waals surface area contributed by atoms with Crippen LogP contribution in [-0.2, 0) is 0 Å². The Hall–Kier alpha value is -2.59. The molecule has 2 fully saturated rings. The fraction of sp³-hybridized carbons (Fsp3) is 0.417. The van der Waals surface area contributed by atoms with E-state index >= 15 is 0 Å². The summed E-state index contributed by atoms with van der Waals surface area (Å²) in [5, 5.41) is 20.0. The number of aliphatic hydroxyl groups is 2. The van der Waals surface area contributed by atoms with Crippen LogP contribution in [0.4, 0.5) is 5.69 Å². The molecule has 3 heterocycles. The molecular formula is C24H26ClN3O3. The monoisotopic (exact) mass is 439 g/mol. The van der Waals surface area contributed by atoms with E-state index < -0.39 is 0 Å². The Kier molecular flexibility index (Phi) is 6.77. The molecule has 1 aromatic heterocycles. The first-order valence-corrected chi connectivity index (χ1v) is 11.1. The second-order valence-electron chi connectivity index (χ2n) is 8.12. The summed E-state index contributed by atoms with van der Waals surface area (Å²) < 4.78 is 0. The quantitative estimate of drug-likeness (QED) is 0.555. The predicted molar refractivity (Wildman–Crippen MR) is 120 cm³/mol. The highest BCUT2D eigenvalue weighted by Gasteiger charge is 2.22. The average molecular weight is 440 g/mol. The van der Waals surface area contributed by atoms with E-state index in [-0.39, 0.29) is 18.1 Å². The third-order valence-corrected chi connectivity index (χ3v) is 6.02. The van der Waals surface area contributed by atoms with Crippen LogP contribution in [0.5, 0.6) is 0 Å². The van der Waals surface area contributed by atoms with E-state index in [2.05, 4.69) is 21.7 Å². The van der Waals surface area contributed by atoms with Crippen molar-refractivity contribution in [1.82, 2.24) is 9.88 Å². The maximum absolute atomic E-state index is 12.6. The summed E-state index contributed by atoms with van der Waals surface area (Å²) >= 11 is 6.11. The first kappa shape index (κ1) is 21.6. The van der Waals surface area contributed by atoms with Crippen LogP contribution in [0.15, 0.2) is 36.5 Å². The minimum Gasteiger partial charge on any atom is -0.393 e. The van der Waals surface area contributed by atoms with Crippen molar-refractivity contribution >= 4 is 23.2 Å². The van der Waals surface area contributed by atoms with Gasteiger partial charge in [-0.05, 0) is 49.9 Å². The molecule has 0 bridgehead atoms. The first-order chi connectivity index (χ1) is 15.0. The Bertz CT molecular complexity index is 991. The Morgan fingerprint density at radius 1 is 1.03 bits per heavy atom. The number of amides is 1. The van der Waals surface area contributed by atoms with Gasteiger partial charge in [0.1, 0.15) is 5.15 Å². The normalized spacial score (nSPS) is 19.6. The molecule has 31 heavy (non-hydrogen) atoms. The second-order valence-corrected chi connectivity index (χ2v) is 8.50. The zero-order valence-electron chi connectivity index (χ0n) is 17.3. The lowest BCUT2D eigenvalue weighted by atomic mass is 10.1. The number of likely N-dealkylation sites (tertiary alicyclic amines) is 1. The van der Waals surface area contributed by atoms with Crippen LogP contribution in [0.1, 0.15) is 47.2 Å². The van der Waals surface area contributed by atoms with E-state index in [0.29, 0.717) is 43.2 Å². The number of nitrogens with zero attached hydrogens (tertiary/aromatic N) is 3. The lowest BCUT2D eigenvalue weighted by molar-refractivity contribution is 0.0546. The van der Waals surface area contributed by atoms with Gasteiger partial charge in [0.05, 0.1) is 23.5 Å². The fourth-order valence-corrected chi connectivity index (χ4v) is 4.19. The minimum absolute atomic E-state index is 0.0146. The Morgan fingerprint density at radius 3 is 2.48 bits per heavy atom. The van der Waals surface area contributed by atoms with Gasteiger partial charge in [0.25, 0.3) is 5.91 Å². The van der Waals surface area contributed by atoms with Crippen molar-refractivity contribution in [3.63, 3.8) is 0 Å². The molecular weight excluding hydrogens is 414 g/mol. The number of aromatic nitrogens is 1. The maximum Gasteiger partial charge on any atom is 0.253 e. The summed E-state index contributed by atoms with van der Waals surface area (Å²) in [6, 6.07) is 9.05. The van der Waals surface area contributed by atoms with Crippen LogP contribution in [0.25, 0.3) is 0 Å². The first-order valence-electron chi connectivity index (χ1n) is 10.7. The molecule has 4 rings (SSSR count). The minimum atomic E-state index is -0.352. The number of hydrogen-bond acceptors (Lipinski definition) is 5. The molecule has 0 saturated carbocycles. The van der Waals surface area contributed by atoms with Crippen LogP contribution in [0.2, 0.25) is 5.15 Å². The van der Waals surface area contributed by atoms with Crippen molar-refractivity contribution in [1.29, 1.82) is 0 Å². The van der Waals surface area contributed by atoms with Crippen molar-refractivity contribution in [2.75, 3.05) is 31.1 Å². The molecule has 0 aliphatic carbocycles. The zero-order valence-corrected chi connectivity index (χ0v) is 18.1. The Balaban J connectivity index is 1.49. The molecule has 2 N–H and O–H groups in total. The summed E-state index contributed by atoms with van der Waals surface area (Å²) in [6.45, 7) is 2.56. The molecule has 2 aromatic rings. The number of piperidine rings is 2. The number of anilines is 1. The molecule has 0 radical (unpaired) electrons. The number of carbonyl (C=O) groups is 1. The van der Waals surface area contributed by atoms with Gasteiger partial charge in [0.15, 0.2) is 0 Å². The van der Waals surface area contributed by atoms with Gasteiger partial charge in [-0.1, -0.05) is 23.4 Å². The number of carbonyl (C=O) groups excluding carboxylic acids is 1. The van der Waals surface area contributed by atoms with Crippen molar-refractivity contribution in [3.05, 3.63) is 58.4 Å². The molecule has 1 amide bonds. The van der Waals surface area contributed by atoms with E-state index in [0.717, 1.165) is 36.2 Å². The van der Waals surface area contributed by atoms with Crippen LogP contribution in [0, 0.1) is 11.8 Å². The number of β-amino-alcohol motifs (C(OH)–C–C–N with tert-alkyl or cyclic N) is 1. The van der Waals surface area contributed by atoms with Crippen LogP contribution >= 0.6 is 11.6 Å². The smallest absolute Gasteiger partial charge is 0.253 e. The van der Waals surface area contributed by atoms with Gasteiger partial charge < -0.3 is 20.0 Å². The van der Waals surface area contributed by atoms with Gasteiger partial charge in [0, 0.05) is 49.6 Å². The highest BCUT2D eigenvalue weighted by Crippen LogP contribution is 2.26. The lowest BCUT2D eigenvalue weighted by Crippen LogP contribution is -2.40. The van der Waals surface area contributed by atoms with Crippen LogP contribution in [-0.4, -0.2) is 64.4 Å². The van der Waals surface area contributed by atoms with Gasteiger partial charge in [-0.3, -0.25) is 4.79 Å². The topological polar surface area (TPSA) is 76.9 Å². The summed E-state index contributed by atoms with van der Waals surface area (Å²) in [7, 11) is 0. The number of halogens is 1. The lowest BCUT2D eigenvalue weighted by Gasteiger charge is -2.32. The van der Waals surface area contributed by atoms with Crippen molar-refractivity contribution in [3.8, 4) is 11.8 Å². The zero-order chi connectivity index (χ0) is 21.8. The standard InChI is InChI=1S/C24H26ClN3O3/c25-23-14-22(28-11-1-2-21(30)16-28)19(15-26-23)8-5-17-3-6-18(7-4-17)24(31)27-12-9-20(29)10-13-27/h3-4,6-7,14-15,20-21,29-30H,1-2,9-13,16H2/t21-/m1/s1.